The summed E-state index contributed by atoms with van der Waals surface area (Å²) in [6, 6.07) is 16.0. The van der Waals surface area contributed by atoms with Crippen LogP contribution in [0.2, 0.25) is 0 Å². The summed E-state index contributed by atoms with van der Waals surface area (Å²) in [5.74, 6) is -2.07. The molecule has 0 unspecified atom stereocenters. The lowest BCUT2D eigenvalue weighted by atomic mass is 9.94. The van der Waals surface area contributed by atoms with Crippen molar-refractivity contribution in [1.82, 2.24) is 20.5 Å². The number of carboxylic acid groups (broad SMARTS) is 1. The molecule has 0 radical (unpaired) electrons. The number of rotatable bonds is 7. The summed E-state index contributed by atoms with van der Waals surface area (Å²) in [6.45, 7) is 3.00. The molecule has 3 aromatic rings. The van der Waals surface area contributed by atoms with Gasteiger partial charge in [-0.2, -0.15) is 4.98 Å². The first-order valence-electron chi connectivity index (χ1n) is 10.3. The summed E-state index contributed by atoms with van der Waals surface area (Å²) in [4.78, 5) is 39.5. The fraction of sp³-hybridized carbons (Fsp3) is 0.261. The lowest BCUT2D eigenvalue weighted by molar-refractivity contribution is -0.146. The van der Waals surface area contributed by atoms with Gasteiger partial charge in [0.15, 0.2) is 0 Å². The van der Waals surface area contributed by atoms with E-state index in [-0.39, 0.29) is 30.8 Å². The number of anilines is 1. The van der Waals surface area contributed by atoms with Crippen LogP contribution in [0.5, 0.6) is 0 Å². The average Bonchev–Trinajstić information content (AvgIpc) is 3.39. The normalized spacial score (nSPS) is 12.5. The third-order valence-corrected chi connectivity index (χ3v) is 5.53. The Hall–Kier alpha value is -4.21. The number of carboxylic acids is 1. The summed E-state index contributed by atoms with van der Waals surface area (Å²) in [6.07, 6.45) is -0.755. The molecule has 170 valence electrons. The zero-order chi connectivity index (χ0) is 23.6. The molecule has 4 rings (SSSR count). The fourth-order valence-corrected chi connectivity index (χ4v) is 3.61. The summed E-state index contributed by atoms with van der Waals surface area (Å²) in [5, 5.41) is 20.2. The van der Waals surface area contributed by atoms with Gasteiger partial charge in [0.25, 0.3) is 11.9 Å². The van der Waals surface area contributed by atoms with Crippen molar-refractivity contribution in [1.29, 1.82) is 0 Å². The molecule has 2 amide bonds. The maximum absolute atomic E-state index is 12.3. The number of aromatic amines is 1. The van der Waals surface area contributed by atoms with Crippen LogP contribution in [0.25, 0.3) is 11.1 Å². The molecule has 1 heterocycles. The minimum atomic E-state index is -1.14. The van der Waals surface area contributed by atoms with Crippen molar-refractivity contribution in [2.75, 3.05) is 18.5 Å². The monoisotopic (exact) mass is 449 g/mol. The lowest BCUT2D eigenvalue weighted by Gasteiger charge is -2.18. The summed E-state index contributed by atoms with van der Waals surface area (Å²) >= 11 is 0. The summed E-state index contributed by atoms with van der Waals surface area (Å²) in [5.41, 5.74) is 3.29. The molecule has 0 bridgehead atoms. The first kappa shape index (κ1) is 22.0. The van der Waals surface area contributed by atoms with Crippen LogP contribution in [0.15, 0.2) is 48.5 Å². The van der Waals surface area contributed by atoms with E-state index in [1.165, 1.54) is 13.8 Å². The molecule has 1 aromatic heterocycles. The molecule has 10 heteroatoms. The maximum Gasteiger partial charge on any atom is 0.414 e. The molecule has 0 saturated heterocycles. The first-order chi connectivity index (χ1) is 15.8. The number of hydrogen-bond donors (Lipinski definition) is 4. The number of fused-ring (bicyclic) bond motifs is 3. The molecule has 1 aliphatic carbocycles. The molecule has 0 saturated carbocycles. The second-order valence-corrected chi connectivity index (χ2v) is 8.33. The van der Waals surface area contributed by atoms with Gasteiger partial charge in [-0.3, -0.25) is 20.0 Å². The molecule has 0 spiro atoms. The van der Waals surface area contributed by atoms with Gasteiger partial charge < -0.3 is 15.2 Å². The number of ether oxygens (including phenoxy) is 1. The van der Waals surface area contributed by atoms with Gasteiger partial charge in [-0.25, -0.2) is 4.79 Å². The predicted octanol–water partition coefficient (Wildman–Crippen LogP) is 3.01. The molecule has 33 heavy (non-hydrogen) atoms. The van der Waals surface area contributed by atoms with Gasteiger partial charge in [-0.05, 0) is 36.1 Å². The number of aliphatic carboxylic acids is 1. The van der Waals surface area contributed by atoms with Gasteiger partial charge in [0, 0.05) is 12.5 Å². The smallest absolute Gasteiger partial charge is 0.414 e. The van der Waals surface area contributed by atoms with Gasteiger partial charge in [0.05, 0.1) is 5.41 Å². The van der Waals surface area contributed by atoms with Crippen molar-refractivity contribution in [2.45, 2.75) is 19.8 Å². The lowest BCUT2D eigenvalue weighted by Crippen LogP contribution is -2.39. The summed E-state index contributed by atoms with van der Waals surface area (Å²) < 4.78 is 5.42. The highest BCUT2D eigenvalue weighted by atomic mass is 16.5. The van der Waals surface area contributed by atoms with E-state index in [2.05, 4.69) is 25.8 Å². The van der Waals surface area contributed by atoms with E-state index >= 15 is 0 Å². The molecule has 0 atom stereocenters. The Bertz CT molecular complexity index is 1170. The standard InChI is InChI=1S/C23H23N5O5/c1-23(2,20(30)31)12-24-19(29)18-25-21(28-27-18)26-22(32)33-11-17-15-9-5-3-7-13(15)14-8-4-6-10-16(14)17/h3-10,17H,11-12H2,1-2H3,(H,24,29)(H,30,31)(H2,25,26,27,28,32). The van der Waals surface area contributed by atoms with Crippen LogP contribution in [0, 0.1) is 5.41 Å². The number of nitrogens with zero attached hydrogens (tertiary/aromatic N) is 2. The Morgan fingerprint density at radius 1 is 1.06 bits per heavy atom. The molecular formula is C23H23N5O5. The van der Waals surface area contributed by atoms with Crippen LogP contribution in [-0.4, -0.2) is 51.4 Å². The molecule has 2 aromatic carbocycles. The molecule has 0 aliphatic heterocycles. The largest absolute Gasteiger partial charge is 0.481 e. The van der Waals surface area contributed by atoms with E-state index in [1.807, 2.05) is 48.5 Å². The Labute approximate surface area is 189 Å². The van der Waals surface area contributed by atoms with Gasteiger partial charge in [0.1, 0.15) is 6.61 Å². The van der Waals surface area contributed by atoms with E-state index in [4.69, 9.17) is 9.84 Å². The number of hydrogen-bond acceptors (Lipinski definition) is 6. The predicted molar refractivity (Wildman–Crippen MR) is 119 cm³/mol. The molecular weight excluding hydrogens is 426 g/mol. The van der Waals surface area contributed by atoms with Crippen molar-refractivity contribution >= 4 is 23.9 Å². The number of nitrogens with one attached hydrogen (secondary N) is 3. The highest BCUT2D eigenvalue weighted by Gasteiger charge is 2.30. The van der Waals surface area contributed by atoms with Crippen LogP contribution < -0.4 is 10.6 Å². The number of carbonyl (C=O) groups is 3. The van der Waals surface area contributed by atoms with Crippen molar-refractivity contribution in [2.24, 2.45) is 5.41 Å². The first-order valence-corrected chi connectivity index (χ1v) is 10.3. The second-order valence-electron chi connectivity index (χ2n) is 8.33. The Morgan fingerprint density at radius 2 is 1.67 bits per heavy atom. The third kappa shape index (κ3) is 4.54. The molecule has 10 nitrogen and oxygen atoms in total. The second kappa shape index (κ2) is 8.73. The van der Waals surface area contributed by atoms with Gasteiger partial charge >= 0.3 is 12.1 Å². The highest BCUT2D eigenvalue weighted by molar-refractivity contribution is 5.91. The number of benzene rings is 2. The van der Waals surface area contributed by atoms with Gasteiger partial charge in [-0.15, -0.1) is 5.10 Å². The van der Waals surface area contributed by atoms with Crippen molar-refractivity contribution in [3.05, 3.63) is 65.5 Å². The van der Waals surface area contributed by atoms with Crippen molar-refractivity contribution in [3.63, 3.8) is 0 Å². The fourth-order valence-electron chi connectivity index (χ4n) is 3.61. The Balaban J connectivity index is 1.35. The van der Waals surface area contributed by atoms with Crippen LogP contribution >= 0.6 is 0 Å². The zero-order valence-electron chi connectivity index (χ0n) is 18.1. The third-order valence-electron chi connectivity index (χ3n) is 5.53. The maximum atomic E-state index is 12.3. The van der Waals surface area contributed by atoms with E-state index < -0.39 is 23.4 Å². The Kier molecular flexibility index (Phi) is 5.82. The number of H-pyrrole nitrogens is 1. The molecule has 4 N–H and O–H groups in total. The Morgan fingerprint density at radius 3 is 2.27 bits per heavy atom. The number of aromatic nitrogens is 3. The van der Waals surface area contributed by atoms with Crippen molar-refractivity contribution in [3.8, 4) is 11.1 Å². The van der Waals surface area contributed by atoms with E-state index in [9.17, 15) is 14.4 Å². The van der Waals surface area contributed by atoms with E-state index in [1.54, 1.807) is 0 Å². The van der Waals surface area contributed by atoms with E-state index in [0.29, 0.717) is 0 Å². The van der Waals surface area contributed by atoms with Crippen LogP contribution in [0.1, 0.15) is 41.5 Å². The quantitative estimate of drug-likeness (QED) is 0.434. The van der Waals surface area contributed by atoms with Gasteiger partial charge in [-0.1, -0.05) is 48.5 Å². The minimum absolute atomic E-state index is 0.0887. The van der Waals surface area contributed by atoms with Crippen molar-refractivity contribution < 1.29 is 24.2 Å². The van der Waals surface area contributed by atoms with Gasteiger partial charge in [0.2, 0.25) is 5.82 Å². The van der Waals surface area contributed by atoms with Crippen LogP contribution in [0.3, 0.4) is 0 Å². The van der Waals surface area contributed by atoms with E-state index in [0.717, 1.165) is 22.3 Å². The topological polar surface area (TPSA) is 146 Å². The minimum Gasteiger partial charge on any atom is -0.481 e. The zero-order valence-corrected chi connectivity index (χ0v) is 18.1. The number of amides is 2. The molecule has 0 fully saturated rings. The average molecular weight is 449 g/mol. The highest BCUT2D eigenvalue weighted by Crippen LogP contribution is 2.44. The van der Waals surface area contributed by atoms with Crippen LogP contribution in [-0.2, 0) is 9.53 Å². The molecule has 1 aliphatic rings. The number of carbonyl (C=O) groups excluding carboxylic acids is 2. The van der Waals surface area contributed by atoms with Crippen LogP contribution in [0.4, 0.5) is 10.7 Å². The summed E-state index contributed by atoms with van der Waals surface area (Å²) in [7, 11) is 0. The SMILES string of the molecule is CC(C)(CNC(=O)c1nc(NC(=O)OCC2c3ccccc3-c3ccccc32)n[nH]1)C(=O)O.